The van der Waals surface area contributed by atoms with Crippen LogP contribution in [0.15, 0.2) is 18.2 Å². The average molecular weight is 222 g/mol. The van der Waals surface area contributed by atoms with Gasteiger partial charge in [-0.3, -0.25) is 0 Å². The molecule has 0 saturated carbocycles. The number of aryl methyl sites for hydroxylation is 1. The van der Waals surface area contributed by atoms with Crippen molar-refractivity contribution in [2.45, 2.75) is 25.8 Å². The van der Waals surface area contributed by atoms with Gasteiger partial charge in [0.1, 0.15) is 5.82 Å². The largest absolute Gasteiger partial charge is 0.380 e. The SMILES string of the molecule is Cc1cccc(F)c1NC1CCN(C)CC1. The van der Waals surface area contributed by atoms with E-state index in [1.54, 1.807) is 6.07 Å². The van der Waals surface area contributed by atoms with Crippen LogP contribution in [0.3, 0.4) is 0 Å². The molecule has 2 rings (SSSR count). The van der Waals surface area contributed by atoms with Gasteiger partial charge in [-0.1, -0.05) is 12.1 Å². The molecule has 0 aliphatic carbocycles. The first-order valence-corrected chi connectivity index (χ1v) is 5.87. The minimum absolute atomic E-state index is 0.140. The van der Waals surface area contributed by atoms with Crippen LogP contribution in [0, 0.1) is 12.7 Å². The molecule has 0 radical (unpaired) electrons. The number of nitrogens with one attached hydrogen (secondary N) is 1. The van der Waals surface area contributed by atoms with Crippen LogP contribution in [0.4, 0.5) is 10.1 Å². The fourth-order valence-electron chi connectivity index (χ4n) is 2.17. The van der Waals surface area contributed by atoms with E-state index in [0.29, 0.717) is 11.7 Å². The van der Waals surface area contributed by atoms with Gasteiger partial charge in [0.25, 0.3) is 0 Å². The Balaban J connectivity index is 2.04. The lowest BCUT2D eigenvalue weighted by Gasteiger charge is -2.30. The Morgan fingerprint density at radius 1 is 1.31 bits per heavy atom. The van der Waals surface area contributed by atoms with Gasteiger partial charge in [0.2, 0.25) is 0 Å². The van der Waals surface area contributed by atoms with Gasteiger partial charge >= 0.3 is 0 Å². The van der Waals surface area contributed by atoms with E-state index < -0.39 is 0 Å². The van der Waals surface area contributed by atoms with Gasteiger partial charge in [-0.05, 0) is 51.5 Å². The molecule has 0 unspecified atom stereocenters. The minimum atomic E-state index is -0.140. The van der Waals surface area contributed by atoms with Crippen molar-refractivity contribution >= 4 is 5.69 Å². The molecule has 0 amide bonds. The van der Waals surface area contributed by atoms with E-state index in [1.165, 1.54) is 6.07 Å². The highest BCUT2D eigenvalue weighted by atomic mass is 19.1. The summed E-state index contributed by atoms with van der Waals surface area (Å²) in [6.07, 6.45) is 2.18. The highest BCUT2D eigenvalue weighted by Gasteiger charge is 2.18. The molecule has 3 heteroatoms. The third-order valence-electron chi connectivity index (χ3n) is 3.29. The number of rotatable bonds is 2. The van der Waals surface area contributed by atoms with Gasteiger partial charge in [0.15, 0.2) is 0 Å². The molecule has 1 heterocycles. The molecule has 16 heavy (non-hydrogen) atoms. The molecule has 1 aliphatic rings. The van der Waals surface area contributed by atoms with Crippen molar-refractivity contribution in [1.82, 2.24) is 4.90 Å². The Kier molecular flexibility index (Phi) is 3.44. The predicted molar refractivity (Wildman–Crippen MR) is 65.3 cm³/mol. The molecule has 0 aromatic heterocycles. The summed E-state index contributed by atoms with van der Waals surface area (Å²) in [5.74, 6) is -0.140. The Morgan fingerprint density at radius 3 is 2.62 bits per heavy atom. The molecule has 1 aliphatic heterocycles. The first-order chi connectivity index (χ1) is 7.66. The number of hydrogen-bond donors (Lipinski definition) is 1. The summed E-state index contributed by atoms with van der Waals surface area (Å²) in [7, 11) is 2.13. The quantitative estimate of drug-likeness (QED) is 0.827. The van der Waals surface area contributed by atoms with Crippen LogP contribution in [0.1, 0.15) is 18.4 Å². The Morgan fingerprint density at radius 2 is 2.00 bits per heavy atom. The van der Waals surface area contributed by atoms with Gasteiger partial charge in [-0.2, -0.15) is 0 Å². The van der Waals surface area contributed by atoms with Crippen molar-refractivity contribution in [3.05, 3.63) is 29.6 Å². The van der Waals surface area contributed by atoms with Crippen molar-refractivity contribution < 1.29 is 4.39 Å². The molecule has 88 valence electrons. The highest BCUT2D eigenvalue weighted by Crippen LogP contribution is 2.22. The predicted octanol–water partition coefficient (Wildman–Crippen LogP) is 2.64. The van der Waals surface area contributed by atoms with Crippen LogP contribution in [-0.2, 0) is 0 Å². The molecule has 0 atom stereocenters. The van der Waals surface area contributed by atoms with E-state index in [2.05, 4.69) is 17.3 Å². The van der Waals surface area contributed by atoms with Crippen molar-refractivity contribution in [3.8, 4) is 0 Å². The van der Waals surface area contributed by atoms with Gasteiger partial charge in [0, 0.05) is 6.04 Å². The van der Waals surface area contributed by atoms with Gasteiger partial charge < -0.3 is 10.2 Å². The molecule has 2 nitrogen and oxygen atoms in total. The van der Waals surface area contributed by atoms with E-state index in [4.69, 9.17) is 0 Å². The molecular weight excluding hydrogens is 203 g/mol. The fraction of sp³-hybridized carbons (Fsp3) is 0.538. The van der Waals surface area contributed by atoms with Gasteiger partial charge in [-0.15, -0.1) is 0 Å². The number of halogens is 1. The number of nitrogens with zero attached hydrogens (tertiary/aromatic N) is 1. The summed E-state index contributed by atoms with van der Waals surface area (Å²) in [4.78, 5) is 2.31. The van der Waals surface area contributed by atoms with Crippen LogP contribution in [-0.4, -0.2) is 31.1 Å². The van der Waals surface area contributed by atoms with Crippen molar-refractivity contribution in [2.24, 2.45) is 0 Å². The van der Waals surface area contributed by atoms with Gasteiger partial charge in [-0.25, -0.2) is 4.39 Å². The van der Waals surface area contributed by atoms with Crippen molar-refractivity contribution in [2.75, 3.05) is 25.5 Å². The zero-order valence-electron chi connectivity index (χ0n) is 9.96. The molecule has 1 aromatic carbocycles. The number of benzene rings is 1. The normalized spacial score (nSPS) is 18.7. The van der Waals surface area contributed by atoms with Crippen molar-refractivity contribution in [3.63, 3.8) is 0 Å². The lowest BCUT2D eigenvalue weighted by Crippen LogP contribution is -2.37. The van der Waals surface area contributed by atoms with Gasteiger partial charge in [0.05, 0.1) is 5.69 Å². The lowest BCUT2D eigenvalue weighted by atomic mass is 10.0. The standard InChI is InChI=1S/C13H19FN2/c1-10-4-3-5-12(14)13(10)15-11-6-8-16(2)9-7-11/h3-5,11,15H,6-9H2,1-2H3. The van der Waals surface area contributed by atoms with E-state index in [0.717, 1.165) is 31.5 Å². The lowest BCUT2D eigenvalue weighted by molar-refractivity contribution is 0.263. The summed E-state index contributed by atoms with van der Waals surface area (Å²) in [5, 5.41) is 3.34. The first kappa shape index (κ1) is 11.4. The number of piperidine rings is 1. The van der Waals surface area contributed by atoms with E-state index >= 15 is 0 Å². The maximum absolute atomic E-state index is 13.6. The fourth-order valence-corrected chi connectivity index (χ4v) is 2.17. The zero-order chi connectivity index (χ0) is 11.5. The van der Waals surface area contributed by atoms with E-state index in [9.17, 15) is 4.39 Å². The molecular formula is C13H19FN2. The molecule has 0 spiro atoms. The number of para-hydroxylation sites is 1. The van der Waals surface area contributed by atoms with Crippen LogP contribution in [0.2, 0.25) is 0 Å². The second-order valence-electron chi connectivity index (χ2n) is 4.65. The maximum atomic E-state index is 13.6. The smallest absolute Gasteiger partial charge is 0.146 e. The summed E-state index contributed by atoms with van der Waals surface area (Å²) in [6.45, 7) is 4.12. The summed E-state index contributed by atoms with van der Waals surface area (Å²) >= 11 is 0. The van der Waals surface area contributed by atoms with Crippen LogP contribution in [0.5, 0.6) is 0 Å². The second kappa shape index (κ2) is 4.83. The molecule has 0 bridgehead atoms. The Labute approximate surface area is 96.5 Å². The minimum Gasteiger partial charge on any atom is -0.380 e. The second-order valence-corrected chi connectivity index (χ2v) is 4.65. The number of hydrogen-bond acceptors (Lipinski definition) is 2. The Bertz CT molecular complexity index is 337. The number of anilines is 1. The third kappa shape index (κ3) is 2.53. The third-order valence-corrected chi connectivity index (χ3v) is 3.29. The first-order valence-electron chi connectivity index (χ1n) is 5.87. The summed E-state index contributed by atoms with van der Waals surface area (Å²) in [6, 6.07) is 5.63. The number of likely N-dealkylation sites (tertiary alicyclic amines) is 1. The van der Waals surface area contributed by atoms with Crippen molar-refractivity contribution in [1.29, 1.82) is 0 Å². The maximum Gasteiger partial charge on any atom is 0.146 e. The molecule has 1 N–H and O–H groups in total. The van der Waals surface area contributed by atoms with Crippen LogP contribution >= 0.6 is 0 Å². The topological polar surface area (TPSA) is 15.3 Å². The Hall–Kier alpha value is -1.09. The molecule has 1 aromatic rings. The van der Waals surface area contributed by atoms with E-state index in [-0.39, 0.29) is 5.82 Å². The monoisotopic (exact) mass is 222 g/mol. The zero-order valence-corrected chi connectivity index (χ0v) is 9.96. The summed E-state index contributed by atoms with van der Waals surface area (Å²) < 4.78 is 13.6. The molecule has 1 fully saturated rings. The van der Waals surface area contributed by atoms with E-state index in [1.807, 2.05) is 13.0 Å². The molecule has 1 saturated heterocycles. The highest BCUT2D eigenvalue weighted by molar-refractivity contribution is 5.52. The van der Waals surface area contributed by atoms with Crippen LogP contribution in [0.25, 0.3) is 0 Å². The average Bonchev–Trinajstić information content (AvgIpc) is 2.26. The van der Waals surface area contributed by atoms with Crippen LogP contribution < -0.4 is 5.32 Å². The summed E-state index contributed by atoms with van der Waals surface area (Å²) in [5.41, 5.74) is 1.66.